The summed E-state index contributed by atoms with van der Waals surface area (Å²) < 4.78 is 12.2. The zero-order valence-electron chi connectivity index (χ0n) is 16.3. The minimum absolute atomic E-state index is 0.125. The van der Waals surface area contributed by atoms with E-state index in [2.05, 4.69) is 18.7 Å². The average molecular weight is 357 g/mol. The zero-order chi connectivity index (χ0) is 18.3. The van der Waals surface area contributed by atoms with Crippen molar-refractivity contribution in [1.29, 1.82) is 0 Å². The maximum atomic E-state index is 13.2. The molecule has 0 unspecified atom stereocenters. The molecule has 4 rings (SSSR count). The monoisotopic (exact) mass is 357 g/mol. The van der Waals surface area contributed by atoms with E-state index >= 15 is 0 Å². The Hall–Kier alpha value is -1.39. The van der Waals surface area contributed by atoms with Crippen LogP contribution in [0.3, 0.4) is 0 Å². The van der Waals surface area contributed by atoms with Crippen molar-refractivity contribution < 1.29 is 14.3 Å². The molecule has 4 nitrogen and oxygen atoms in total. The van der Waals surface area contributed by atoms with Crippen molar-refractivity contribution in [2.45, 2.75) is 70.1 Å². The van der Waals surface area contributed by atoms with Crippen molar-refractivity contribution in [2.75, 3.05) is 20.3 Å². The second kappa shape index (κ2) is 6.97. The van der Waals surface area contributed by atoms with Crippen LogP contribution in [0.15, 0.2) is 18.2 Å². The summed E-state index contributed by atoms with van der Waals surface area (Å²) in [7, 11) is 1.81. The summed E-state index contributed by atoms with van der Waals surface area (Å²) in [5.74, 6) is 0.917. The molecule has 2 saturated carbocycles. The molecule has 0 N–H and O–H groups in total. The molecule has 1 aromatic rings. The van der Waals surface area contributed by atoms with Crippen molar-refractivity contribution >= 4 is 5.91 Å². The van der Waals surface area contributed by atoms with Crippen molar-refractivity contribution in [3.05, 3.63) is 34.9 Å². The van der Waals surface area contributed by atoms with Crippen LogP contribution in [-0.2, 0) is 9.47 Å². The minimum Gasteiger partial charge on any atom is -0.378 e. The third-order valence-corrected chi connectivity index (χ3v) is 6.82. The molecular formula is C22H31NO3. The van der Waals surface area contributed by atoms with Gasteiger partial charge in [0.25, 0.3) is 5.91 Å². The molecule has 3 atom stereocenters. The highest BCUT2D eigenvalue weighted by molar-refractivity contribution is 5.95. The molecule has 2 aliphatic carbocycles. The third kappa shape index (κ3) is 3.29. The number of aryl methyl sites for hydroxylation is 2. The third-order valence-electron chi connectivity index (χ3n) is 6.82. The lowest BCUT2D eigenvalue weighted by atomic mass is 9.79. The lowest BCUT2D eigenvalue weighted by molar-refractivity contribution is -0.0977. The number of nitrogens with zero attached hydrogens (tertiary/aromatic N) is 1. The summed E-state index contributed by atoms with van der Waals surface area (Å²) in [4.78, 5) is 15.3. The average Bonchev–Trinajstić information content (AvgIpc) is 3.41. The van der Waals surface area contributed by atoms with Gasteiger partial charge in [-0.2, -0.15) is 0 Å². The first kappa shape index (κ1) is 18.0. The molecule has 4 heteroatoms. The van der Waals surface area contributed by atoms with Crippen molar-refractivity contribution in [1.82, 2.24) is 4.90 Å². The van der Waals surface area contributed by atoms with Crippen LogP contribution in [0, 0.1) is 19.8 Å². The Kier molecular flexibility index (Phi) is 4.83. The smallest absolute Gasteiger partial charge is 0.254 e. The number of likely N-dealkylation sites (tertiary alicyclic amines) is 1. The highest BCUT2D eigenvalue weighted by atomic mass is 16.5. The van der Waals surface area contributed by atoms with Crippen molar-refractivity contribution in [3.8, 4) is 0 Å². The van der Waals surface area contributed by atoms with Gasteiger partial charge in [-0.15, -0.1) is 0 Å². The van der Waals surface area contributed by atoms with Crippen LogP contribution in [0.5, 0.6) is 0 Å². The van der Waals surface area contributed by atoms with Crippen LogP contribution in [0.25, 0.3) is 0 Å². The van der Waals surface area contributed by atoms with Crippen LogP contribution in [0.4, 0.5) is 0 Å². The summed E-state index contributed by atoms with van der Waals surface area (Å²) in [6, 6.07) is 6.15. The maximum Gasteiger partial charge on any atom is 0.254 e. The molecule has 1 aliphatic heterocycles. The lowest BCUT2D eigenvalue weighted by Gasteiger charge is -2.43. The van der Waals surface area contributed by atoms with Gasteiger partial charge in [0, 0.05) is 25.8 Å². The molecule has 0 bridgehead atoms. The fourth-order valence-corrected chi connectivity index (χ4v) is 4.65. The highest BCUT2D eigenvalue weighted by Crippen LogP contribution is 2.44. The number of carbonyl (C=O) groups excluding carboxylic acids is 1. The lowest BCUT2D eigenvalue weighted by Crippen LogP contribution is -2.53. The van der Waals surface area contributed by atoms with Gasteiger partial charge in [-0.3, -0.25) is 4.79 Å². The summed E-state index contributed by atoms with van der Waals surface area (Å²) in [5, 5.41) is 0. The zero-order valence-corrected chi connectivity index (χ0v) is 16.3. The Morgan fingerprint density at radius 1 is 1.19 bits per heavy atom. The molecule has 1 amide bonds. The Morgan fingerprint density at radius 2 is 2.00 bits per heavy atom. The first-order chi connectivity index (χ1) is 12.5. The predicted octanol–water partition coefficient (Wildman–Crippen LogP) is 3.88. The Morgan fingerprint density at radius 3 is 2.69 bits per heavy atom. The molecule has 0 aromatic heterocycles. The Labute approximate surface area is 156 Å². The summed E-state index contributed by atoms with van der Waals surface area (Å²) in [6.45, 7) is 5.82. The molecule has 1 aromatic carbocycles. The van der Waals surface area contributed by atoms with Gasteiger partial charge in [-0.1, -0.05) is 6.07 Å². The largest absolute Gasteiger partial charge is 0.378 e. The van der Waals surface area contributed by atoms with Crippen molar-refractivity contribution in [3.63, 3.8) is 0 Å². The number of rotatable bonds is 5. The molecular weight excluding hydrogens is 326 g/mol. The first-order valence-electron chi connectivity index (χ1n) is 10.1. The van der Waals surface area contributed by atoms with Gasteiger partial charge in [0.1, 0.15) is 0 Å². The van der Waals surface area contributed by atoms with Crippen LogP contribution in [0.2, 0.25) is 0 Å². The van der Waals surface area contributed by atoms with Gasteiger partial charge in [-0.25, -0.2) is 0 Å². The number of fused-ring (bicyclic) bond motifs is 1. The second-order valence-electron chi connectivity index (χ2n) is 8.51. The summed E-state index contributed by atoms with van der Waals surface area (Å²) >= 11 is 0. The number of carbonyl (C=O) groups is 1. The fraction of sp³-hybridized carbons (Fsp3) is 0.682. The van der Waals surface area contributed by atoms with E-state index in [4.69, 9.17) is 9.47 Å². The van der Waals surface area contributed by atoms with Crippen molar-refractivity contribution in [2.24, 2.45) is 5.92 Å². The summed E-state index contributed by atoms with van der Waals surface area (Å²) in [6.07, 6.45) is 6.75. The number of hydrogen-bond donors (Lipinski definition) is 0. The minimum atomic E-state index is -0.186. The molecule has 0 radical (unpaired) electrons. The molecule has 0 spiro atoms. The predicted molar refractivity (Wildman–Crippen MR) is 101 cm³/mol. The van der Waals surface area contributed by atoms with Gasteiger partial charge in [0.05, 0.1) is 17.7 Å². The number of benzene rings is 1. The first-order valence-corrected chi connectivity index (χ1v) is 10.1. The van der Waals surface area contributed by atoms with E-state index in [1.165, 1.54) is 24.0 Å². The van der Waals surface area contributed by atoms with E-state index < -0.39 is 0 Å². The van der Waals surface area contributed by atoms with Gasteiger partial charge in [0.15, 0.2) is 0 Å². The van der Waals surface area contributed by atoms with Gasteiger partial charge in [-0.05, 0) is 81.5 Å². The molecule has 142 valence electrons. The summed E-state index contributed by atoms with van der Waals surface area (Å²) in [5.41, 5.74) is 3.00. The molecule has 1 heterocycles. The highest BCUT2D eigenvalue weighted by Gasteiger charge is 2.52. The molecule has 26 heavy (non-hydrogen) atoms. The van der Waals surface area contributed by atoms with E-state index in [9.17, 15) is 4.79 Å². The standard InChI is InChI=1S/C22H31NO3/c1-15-4-7-18(12-16(15)2)21(24)23-11-10-22(25-3)9-8-19(13-20(22)23)26-14-17-5-6-17/h4,7,12,17,19-20H,5-6,8-11,13-14H2,1-3H3/t19-,20-,22+/m0/s1. The number of ether oxygens (including phenoxy) is 2. The quantitative estimate of drug-likeness (QED) is 0.803. The van der Waals surface area contributed by atoms with E-state index in [0.29, 0.717) is 0 Å². The van der Waals surface area contributed by atoms with Crippen LogP contribution < -0.4 is 0 Å². The normalized spacial score (nSPS) is 31.1. The van der Waals surface area contributed by atoms with E-state index in [1.807, 2.05) is 25.3 Å². The molecule has 1 saturated heterocycles. The molecule has 3 aliphatic rings. The number of methoxy groups -OCH3 is 1. The van der Waals surface area contributed by atoms with E-state index in [-0.39, 0.29) is 23.7 Å². The number of hydrogen-bond acceptors (Lipinski definition) is 3. The van der Waals surface area contributed by atoms with E-state index in [0.717, 1.165) is 50.3 Å². The second-order valence-corrected chi connectivity index (χ2v) is 8.51. The van der Waals surface area contributed by atoms with Crippen LogP contribution >= 0.6 is 0 Å². The van der Waals surface area contributed by atoms with Crippen LogP contribution in [-0.4, -0.2) is 48.8 Å². The van der Waals surface area contributed by atoms with Crippen LogP contribution in [0.1, 0.15) is 60.0 Å². The van der Waals surface area contributed by atoms with Gasteiger partial charge < -0.3 is 14.4 Å². The van der Waals surface area contributed by atoms with E-state index in [1.54, 1.807) is 0 Å². The topological polar surface area (TPSA) is 38.8 Å². The fourth-order valence-electron chi connectivity index (χ4n) is 4.65. The number of amides is 1. The SMILES string of the molecule is CO[C@@]12CC[C@H](OCC3CC3)C[C@@H]1N(C(=O)c1ccc(C)c(C)c1)CC2. The maximum absolute atomic E-state index is 13.2. The van der Waals surface area contributed by atoms with Gasteiger partial charge in [0.2, 0.25) is 0 Å². The Bertz CT molecular complexity index is 684. The molecule has 3 fully saturated rings. The van der Waals surface area contributed by atoms with Gasteiger partial charge >= 0.3 is 0 Å². The Balaban J connectivity index is 1.51.